The molecular weight excluding hydrogens is 256 g/mol. The Kier molecular flexibility index (Phi) is 5.37. The zero-order valence-electron chi connectivity index (χ0n) is 12.4. The highest BCUT2D eigenvalue weighted by atomic mass is 32.1. The third-order valence-corrected chi connectivity index (χ3v) is 4.95. The fourth-order valence-electron chi connectivity index (χ4n) is 3.02. The molecule has 0 amide bonds. The number of nitrogens with zero attached hydrogens (tertiary/aromatic N) is 1. The van der Waals surface area contributed by atoms with Gasteiger partial charge in [-0.15, -0.1) is 11.3 Å². The van der Waals surface area contributed by atoms with E-state index in [0.717, 1.165) is 44.1 Å². The van der Waals surface area contributed by atoms with Crippen molar-refractivity contribution in [2.45, 2.75) is 58.6 Å². The van der Waals surface area contributed by atoms with E-state index < -0.39 is 0 Å². The topological polar surface area (TPSA) is 34.1 Å². The van der Waals surface area contributed by atoms with Crippen LogP contribution in [0.5, 0.6) is 0 Å². The molecule has 0 radical (unpaired) electrons. The Morgan fingerprint density at radius 3 is 3.05 bits per heavy atom. The average molecular weight is 282 g/mol. The van der Waals surface area contributed by atoms with E-state index in [0.29, 0.717) is 0 Å². The maximum Gasteiger partial charge on any atom is 0.125 e. The quantitative estimate of drug-likeness (QED) is 0.864. The molecule has 1 aromatic rings. The van der Waals surface area contributed by atoms with Crippen LogP contribution in [0, 0.1) is 5.92 Å². The highest BCUT2D eigenvalue weighted by molar-refractivity contribution is 7.09. The number of ether oxygens (including phenoxy) is 1. The van der Waals surface area contributed by atoms with E-state index in [-0.39, 0.29) is 5.60 Å². The molecule has 0 spiro atoms. The minimum atomic E-state index is -0.110. The second-order valence-electron chi connectivity index (χ2n) is 5.55. The molecule has 1 heterocycles. The molecule has 19 heavy (non-hydrogen) atoms. The maximum absolute atomic E-state index is 6.17. The van der Waals surface area contributed by atoms with Crippen molar-refractivity contribution in [1.82, 2.24) is 10.3 Å². The lowest BCUT2D eigenvalue weighted by molar-refractivity contribution is -0.0821. The summed E-state index contributed by atoms with van der Waals surface area (Å²) in [7, 11) is 0. The Morgan fingerprint density at radius 1 is 1.53 bits per heavy atom. The monoisotopic (exact) mass is 282 g/mol. The fraction of sp³-hybridized carbons (Fsp3) is 0.800. The largest absolute Gasteiger partial charge is 0.368 e. The van der Waals surface area contributed by atoms with Crippen molar-refractivity contribution in [2.24, 2.45) is 5.92 Å². The number of rotatable bonds is 6. The second-order valence-corrected chi connectivity index (χ2v) is 6.41. The molecule has 1 aliphatic carbocycles. The van der Waals surface area contributed by atoms with Crippen LogP contribution in [0.15, 0.2) is 5.38 Å². The van der Waals surface area contributed by atoms with Crippen molar-refractivity contribution in [3.8, 4) is 0 Å². The van der Waals surface area contributed by atoms with E-state index in [1.807, 2.05) is 0 Å². The van der Waals surface area contributed by atoms with Crippen molar-refractivity contribution in [2.75, 3.05) is 13.2 Å². The molecule has 1 N–H and O–H groups in total. The Bertz CT molecular complexity index is 389. The molecule has 2 unspecified atom stereocenters. The smallest absolute Gasteiger partial charge is 0.125 e. The predicted molar refractivity (Wildman–Crippen MR) is 80.4 cm³/mol. The lowest BCUT2D eigenvalue weighted by Crippen LogP contribution is -2.35. The first-order valence-electron chi connectivity index (χ1n) is 7.49. The molecular formula is C15H26N2OS. The molecule has 1 aliphatic rings. The molecule has 3 nitrogen and oxygen atoms in total. The summed E-state index contributed by atoms with van der Waals surface area (Å²) < 4.78 is 6.17. The Balaban J connectivity index is 2.15. The summed E-state index contributed by atoms with van der Waals surface area (Å²) in [5, 5.41) is 6.70. The molecule has 1 fully saturated rings. The summed E-state index contributed by atoms with van der Waals surface area (Å²) in [5.74, 6) is 0.737. The number of nitrogens with one attached hydrogen (secondary N) is 1. The average Bonchev–Trinajstić information content (AvgIpc) is 2.86. The van der Waals surface area contributed by atoms with Crippen LogP contribution in [0.25, 0.3) is 0 Å². The number of hydrogen-bond acceptors (Lipinski definition) is 4. The summed E-state index contributed by atoms with van der Waals surface area (Å²) in [6.45, 7) is 9.17. The first-order chi connectivity index (χ1) is 9.20. The molecule has 2 atom stereocenters. The molecule has 0 saturated heterocycles. The lowest BCUT2D eigenvalue weighted by Gasteiger charge is -2.38. The van der Waals surface area contributed by atoms with Crippen molar-refractivity contribution < 1.29 is 4.74 Å². The predicted octanol–water partition coefficient (Wildman–Crippen LogP) is 3.69. The zero-order valence-corrected chi connectivity index (χ0v) is 13.2. The van der Waals surface area contributed by atoms with Crippen LogP contribution in [0.3, 0.4) is 0 Å². The van der Waals surface area contributed by atoms with Crippen LogP contribution < -0.4 is 5.32 Å². The van der Waals surface area contributed by atoms with Gasteiger partial charge in [-0.1, -0.05) is 20.3 Å². The van der Waals surface area contributed by atoms with Gasteiger partial charge in [0.15, 0.2) is 0 Å². The number of hydrogen-bond donors (Lipinski definition) is 1. The van der Waals surface area contributed by atoms with E-state index >= 15 is 0 Å². The molecule has 1 aromatic heterocycles. The minimum absolute atomic E-state index is 0.110. The van der Waals surface area contributed by atoms with Crippen LogP contribution >= 0.6 is 11.3 Å². The standard InChI is InChI=1S/C15H26N2OS/c1-4-16-10-13-11-19-14(17-13)15(18-5-2)8-6-7-12(3)9-15/h11-12,16H,4-10H2,1-3H3. The summed E-state index contributed by atoms with van der Waals surface area (Å²) in [6, 6.07) is 0. The van der Waals surface area contributed by atoms with E-state index in [1.165, 1.54) is 17.8 Å². The van der Waals surface area contributed by atoms with E-state index in [1.54, 1.807) is 11.3 Å². The van der Waals surface area contributed by atoms with Crippen molar-refractivity contribution >= 4 is 11.3 Å². The van der Waals surface area contributed by atoms with Gasteiger partial charge in [0.2, 0.25) is 0 Å². The summed E-state index contributed by atoms with van der Waals surface area (Å²) in [6.07, 6.45) is 4.82. The van der Waals surface area contributed by atoms with Gasteiger partial charge in [-0.2, -0.15) is 0 Å². The Hall–Kier alpha value is -0.450. The van der Waals surface area contributed by atoms with Crippen LogP contribution in [0.4, 0.5) is 0 Å². The van der Waals surface area contributed by atoms with Gasteiger partial charge in [0, 0.05) is 18.5 Å². The van der Waals surface area contributed by atoms with Gasteiger partial charge < -0.3 is 10.1 Å². The summed E-state index contributed by atoms with van der Waals surface area (Å²) >= 11 is 1.77. The van der Waals surface area contributed by atoms with E-state index in [4.69, 9.17) is 9.72 Å². The Labute approximate surface area is 120 Å². The highest BCUT2D eigenvalue weighted by Gasteiger charge is 2.39. The van der Waals surface area contributed by atoms with E-state index in [9.17, 15) is 0 Å². The molecule has 108 valence electrons. The zero-order chi connectivity index (χ0) is 13.7. The van der Waals surface area contributed by atoms with Crippen molar-refractivity contribution in [3.05, 3.63) is 16.1 Å². The maximum atomic E-state index is 6.17. The number of aromatic nitrogens is 1. The third kappa shape index (κ3) is 3.56. The molecule has 0 bridgehead atoms. The third-order valence-electron chi connectivity index (χ3n) is 3.87. The SMILES string of the molecule is CCNCc1csc(C2(OCC)CCCC(C)C2)n1. The van der Waals surface area contributed by atoms with Crippen LogP contribution in [-0.4, -0.2) is 18.1 Å². The van der Waals surface area contributed by atoms with Gasteiger partial charge in [-0.25, -0.2) is 4.98 Å². The first kappa shape index (κ1) is 14.9. The van der Waals surface area contributed by atoms with E-state index in [2.05, 4.69) is 31.5 Å². The minimum Gasteiger partial charge on any atom is -0.368 e. The van der Waals surface area contributed by atoms with Crippen LogP contribution in [0.1, 0.15) is 57.2 Å². The van der Waals surface area contributed by atoms with Gasteiger partial charge in [0.05, 0.1) is 5.69 Å². The normalized spacial score (nSPS) is 27.6. The van der Waals surface area contributed by atoms with Gasteiger partial charge in [0.25, 0.3) is 0 Å². The fourth-order valence-corrected chi connectivity index (χ4v) is 4.03. The lowest BCUT2D eigenvalue weighted by atomic mass is 9.79. The van der Waals surface area contributed by atoms with Crippen molar-refractivity contribution in [1.29, 1.82) is 0 Å². The van der Waals surface area contributed by atoms with Gasteiger partial charge in [0.1, 0.15) is 10.6 Å². The molecule has 0 aliphatic heterocycles. The van der Waals surface area contributed by atoms with Crippen LogP contribution in [0.2, 0.25) is 0 Å². The molecule has 1 saturated carbocycles. The van der Waals surface area contributed by atoms with Gasteiger partial charge in [-0.05, 0) is 38.6 Å². The second kappa shape index (κ2) is 6.82. The molecule has 0 aromatic carbocycles. The Morgan fingerprint density at radius 2 is 2.37 bits per heavy atom. The summed E-state index contributed by atoms with van der Waals surface area (Å²) in [5.41, 5.74) is 1.04. The molecule has 4 heteroatoms. The van der Waals surface area contributed by atoms with Crippen LogP contribution in [-0.2, 0) is 16.9 Å². The van der Waals surface area contributed by atoms with Gasteiger partial charge >= 0.3 is 0 Å². The van der Waals surface area contributed by atoms with Gasteiger partial charge in [-0.3, -0.25) is 0 Å². The van der Waals surface area contributed by atoms with Crippen molar-refractivity contribution in [3.63, 3.8) is 0 Å². The highest BCUT2D eigenvalue weighted by Crippen LogP contribution is 2.43. The number of thiazole rings is 1. The summed E-state index contributed by atoms with van der Waals surface area (Å²) in [4.78, 5) is 4.83. The molecule has 2 rings (SSSR count). The first-order valence-corrected chi connectivity index (χ1v) is 8.37.